The Balaban J connectivity index is 1.76. The number of benzene rings is 1. The van der Waals surface area contributed by atoms with Crippen LogP contribution in [-0.2, 0) is 16.1 Å². The van der Waals surface area contributed by atoms with Gasteiger partial charge in [-0.25, -0.2) is 4.39 Å². The molecular weight excluding hydrogens is 257 g/mol. The van der Waals surface area contributed by atoms with Crippen molar-refractivity contribution >= 4 is 11.6 Å². The molecular formula is C13H17ClFNO2. The highest BCUT2D eigenvalue weighted by molar-refractivity contribution is 6.30. The monoisotopic (exact) mass is 273 g/mol. The van der Waals surface area contributed by atoms with Gasteiger partial charge in [-0.05, 0) is 24.6 Å². The Morgan fingerprint density at radius 2 is 2.33 bits per heavy atom. The maximum absolute atomic E-state index is 13.2. The molecule has 1 fully saturated rings. The van der Waals surface area contributed by atoms with Crippen LogP contribution in [0.1, 0.15) is 12.5 Å². The van der Waals surface area contributed by atoms with E-state index in [-0.39, 0.29) is 17.2 Å². The Hall–Kier alpha value is -0.680. The number of ether oxygens (including phenoxy) is 2. The van der Waals surface area contributed by atoms with E-state index in [2.05, 4.69) is 5.32 Å². The number of halogens is 2. The van der Waals surface area contributed by atoms with Gasteiger partial charge in [-0.2, -0.15) is 0 Å². The SMILES string of the molecule is CC1CNCC(COCc2ccc(Cl)c(F)c2)O1. The van der Waals surface area contributed by atoms with Crippen molar-refractivity contribution in [2.45, 2.75) is 25.7 Å². The van der Waals surface area contributed by atoms with Crippen LogP contribution in [0.25, 0.3) is 0 Å². The quantitative estimate of drug-likeness (QED) is 0.914. The van der Waals surface area contributed by atoms with Crippen LogP contribution in [0.5, 0.6) is 0 Å². The third kappa shape index (κ3) is 3.92. The molecule has 18 heavy (non-hydrogen) atoms. The lowest BCUT2D eigenvalue weighted by atomic mass is 10.2. The summed E-state index contributed by atoms with van der Waals surface area (Å²) < 4.78 is 24.4. The molecule has 0 bridgehead atoms. The van der Waals surface area contributed by atoms with Crippen molar-refractivity contribution in [3.63, 3.8) is 0 Å². The van der Waals surface area contributed by atoms with Gasteiger partial charge in [-0.1, -0.05) is 17.7 Å². The molecule has 0 amide bonds. The summed E-state index contributed by atoms with van der Waals surface area (Å²) in [6.45, 7) is 4.55. The van der Waals surface area contributed by atoms with Gasteiger partial charge in [-0.3, -0.25) is 0 Å². The molecule has 100 valence electrons. The van der Waals surface area contributed by atoms with Crippen molar-refractivity contribution < 1.29 is 13.9 Å². The van der Waals surface area contributed by atoms with Crippen molar-refractivity contribution in [1.29, 1.82) is 0 Å². The first-order valence-corrected chi connectivity index (χ1v) is 6.41. The van der Waals surface area contributed by atoms with Crippen molar-refractivity contribution in [3.8, 4) is 0 Å². The second kappa shape index (κ2) is 6.48. The number of morpholine rings is 1. The van der Waals surface area contributed by atoms with Gasteiger partial charge in [0.2, 0.25) is 0 Å². The van der Waals surface area contributed by atoms with Crippen LogP contribution >= 0.6 is 11.6 Å². The molecule has 0 spiro atoms. The largest absolute Gasteiger partial charge is 0.374 e. The summed E-state index contributed by atoms with van der Waals surface area (Å²) in [7, 11) is 0. The second-order valence-electron chi connectivity index (χ2n) is 4.49. The van der Waals surface area contributed by atoms with Crippen LogP contribution < -0.4 is 5.32 Å². The van der Waals surface area contributed by atoms with Crippen LogP contribution in [0.15, 0.2) is 18.2 Å². The number of rotatable bonds is 4. The van der Waals surface area contributed by atoms with Gasteiger partial charge in [-0.15, -0.1) is 0 Å². The summed E-state index contributed by atoms with van der Waals surface area (Å²) >= 11 is 5.61. The Morgan fingerprint density at radius 3 is 3.06 bits per heavy atom. The predicted octanol–water partition coefficient (Wildman–Crippen LogP) is 2.37. The van der Waals surface area contributed by atoms with Crippen LogP contribution in [0, 0.1) is 5.82 Å². The zero-order valence-corrected chi connectivity index (χ0v) is 11.0. The Morgan fingerprint density at radius 1 is 1.50 bits per heavy atom. The van der Waals surface area contributed by atoms with E-state index < -0.39 is 5.82 Å². The fourth-order valence-corrected chi connectivity index (χ4v) is 2.03. The Kier molecular flexibility index (Phi) is 4.95. The first-order valence-electron chi connectivity index (χ1n) is 6.03. The highest BCUT2D eigenvalue weighted by atomic mass is 35.5. The number of nitrogens with one attached hydrogen (secondary N) is 1. The summed E-state index contributed by atoms with van der Waals surface area (Å²) in [5.74, 6) is -0.415. The molecule has 1 saturated heterocycles. The molecule has 0 saturated carbocycles. The van der Waals surface area contributed by atoms with E-state index in [0.29, 0.717) is 13.2 Å². The Bertz CT molecular complexity index is 403. The molecule has 2 atom stereocenters. The molecule has 0 radical (unpaired) electrons. The summed E-state index contributed by atoms with van der Waals surface area (Å²) in [5.41, 5.74) is 0.772. The topological polar surface area (TPSA) is 30.5 Å². The van der Waals surface area contributed by atoms with E-state index in [4.69, 9.17) is 21.1 Å². The van der Waals surface area contributed by atoms with Gasteiger partial charge in [0.05, 0.1) is 30.4 Å². The zero-order chi connectivity index (χ0) is 13.0. The van der Waals surface area contributed by atoms with Gasteiger partial charge in [0.25, 0.3) is 0 Å². The average molecular weight is 274 g/mol. The minimum atomic E-state index is -0.415. The lowest BCUT2D eigenvalue weighted by Gasteiger charge is -2.28. The maximum Gasteiger partial charge on any atom is 0.142 e. The highest BCUT2D eigenvalue weighted by Gasteiger charge is 2.18. The molecule has 1 aromatic carbocycles. The fourth-order valence-electron chi connectivity index (χ4n) is 1.91. The van der Waals surface area contributed by atoms with Gasteiger partial charge >= 0.3 is 0 Å². The van der Waals surface area contributed by atoms with Crippen molar-refractivity contribution in [1.82, 2.24) is 5.32 Å². The highest BCUT2D eigenvalue weighted by Crippen LogP contribution is 2.16. The summed E-state index contributed by atoms with van der Waals surface area (Å²) in [6, 6.07) is 4.69. The molecule has 1 N–H and O–H groups in total. The van der Waals surface area contributed by atoms with E-state index in [0.717, 1.165) is 18.7 Å². The minimum absolute atomic E-state index is 0.0610. The second-order valence-corrected chi connectivity index (χ2v) is 4.90. The minimum Gasteiger partial charge on any atom is -0.374 e. The number of hydrogen-bond donors (Lipinski definition) is 1. The van der Waals surface area contributed by atoms with Crippen LogP contribution in [0.3, 0.4) is 0 Å². The molecule has 0 aliphatic carbocycles. The standard InChI is InChI=1S/C13H17ClFNO2/c1-9-5-16-6-11(18-9)8-17-7-10-2-3-12(14)13(15)4-10/h2-4,9,11,16H,5-8H2,1H3. The smallest absolute Gasteiger partial charge is 0.142 e. The van der Waals surface area contributed by atoms with E-state index in [1.165, 1.54) is 12.1 Å². The maximum atomic E-state index is 13.2. The fraction of sp³-hybridized carbons (Fsp3) is 0.538. The third-order valence-corrected chi connectivity index (χ3v) is 3.09. The van der Waals surface area contributed by atoms with Crippen LogP contribution in [0.4, 0.5) is 4.39 Å². The van der Waals surface area contributed by atoms with E-state index in [9.17, 15) is 4.39 Å². The first kappa shape index (κ1) is 13.7. The van der Waals surface area contributed by atoms with E-state index in [1.54, 1.807) is 6.07 Å². The van der Waals surface area contributed by atoms with Gasteiger partial charge in [0.1, 0.15) is 5.82 Å². The molecule has 2 unspecified atom stereocenters. The van der Waals surface area contributed by atoms with Gasteiger partial charge < -0.3 is 14.8 Å². The summed E-state index contributed by atoms with van der Waals surface area (Å²) in [6.07, 6.45) is 0.270. The predicted molar refractivity (Wildman–Crippen MR) is 68.3 cm³/mol. The molecule has 5 heteroatoms. The normalized spacial score (nSPS) is 24.2. The lowest BCUT2D eigenvalue weighted by Crippen LogP contribution is -2.45. The molecule has 1 aromatic rings. The average Bonchev–Trinajstić information content (AvgIpc) is 2.34. The molecule has 3 nitrogen and oxygen atoms in total. The van der Waals surface area contributed by atoms with E-state index >= 15 is 0 Å². The zero-order valence-electron chi connectivity index (χ0n) is 10.3. The van der Waals surface area contributed by atoms with Crippen molar-refractivity contribution in [3.05, 3.63) is 34.6 Å². The molecule has 2 rings (SSSR count). The van der Waals surface area contributed by atoms with Gasteiger partial charge in [0, 0.05) is 13.1 Å². The lowest BCUT2D eigenvalue weighted by molar-refractivity contribution is -0.0716. The van der Waals surface area contributed by atoms with E-state index in [1.807, 2.05) is 6.92 Å². The number of hydrogen-bond acceptors (Lipinski definition) is 3. The Labute approximate surface area is 111 Å². The van der Waals surface area contributed by atoms with Crippen molar-refractivity contribution in [2.24, 2.45) is 0 Å². The molecule has 1 aliphatic heterocycles. The first-order chi connectivity index (χ1) is 8.65. The molecule has 1 aliphatic rings. The molecule has 0 aromatic heterocycles. The summed E-state index contributed by atoms with van der Waals surface area (Å²) in [4.78, 5) is 0. The van der Waals surface area contributed by atoms with Gasteiger partial charge in [0.15, 0.2) is 0 Å². The van der Waals surface area contributed by atoms with Crippen LogP contribution in [0.2, 0.25) is 5.02 Å². The third-order valence-electron chi connectivity index (χ3n) is 2.79. The summed E-state index contributed by atoms with van der Waals surface area (Å²) in [5, 5.41) is 3.40. The van der Waals surface area contributed by atoms with Crippen LogP contribution in [-0.4, -0.2) is 31.9 Å². The van der Waals surface area contributed by atoms with Crippen molar-refractivity contribution in [2.75, 3.05) is 19.7 Å². The molecule has 1 heterocycles.